The summed E-state index contributed by atoms with van der Waals surface area (Å²) in [5, 5.41) is 0.478. The van der Waals surface area contributed by atoms with Crippen LogP contribution in [0.3, 0.4) is 0 Å². The maximum atomic E-state index is 13.3. The summed E-state index contributed by atoms with van der Waals surface area (Å²) < 4.78 is 1.87. The quantitative estimate of drug-likeness (QED) is 0.471. The van der Waals surface area contributed by atoms with Crippen LogP contribution in [-0.2, 0) is 6.54 Å². The number of piperazine rings is 1. The standard InChI is InChI=1S/C26H26N6O2/c1-3-30-16-21(24(33)20-10-9-18(2)29-25(20)30)26(34)32-13-11-31(12-14-32)23-15-22(27-17-28-23)19-7-5-4-6-8-19/h4-10,15-17H,3,11-14H2,1-2H3. The van der Waals surface area contributed by atoms with Gasteiger partial charge in [-0.05, 0) is 26.0 Å². The molecule has 0 N–H and O–H groups in total. The van der Waals surface area contributed by atoms with E-state index in [1.54, 1.807) is 23.5 Å². The Morgan fingerprint density at radius 2 is 1.76 bits per heavy atom. The summed E-state index contributed by atoms with van der Waals surface area (Å²) in [7, 11) is 0. The highest BCUT2D eigenvalue weighted by atomic mass is 16.2. The third kappa shape index (κ3) is 4.03. The lowest BCUT2D eigenvalue weighted by atomic mass is 10.1. The highest BCUT2D eigenvalue weighted by Crippen LogP contribution is 2.22. The van der Waals surface area contributed by atoms with Crippen molar-refractivity contribution in [3.05, 3.63) is 82.5 Å². The van der Waals surface area contributed by atoms with Crippen molar-refractivity contribution in [3.63, 3.8) is 0 Å². The average molecular weight is 455 g/mol. The summed E-state index contributed by atoms with van der Waals surface area (Å²) >= 11 is 0. The van der Waals surface area contributed by atoms with E-state index in [2.05, 4.69) is 19.9 Å². The van der Waals surface area contributed by atoms with Crippen LogP contribution in [0.5, 0.6) is 0 Å². The zero-order valence-electron chi connectivity index (χ0n) is 19.3. The Kier molecular flexibility index (Phi) is 5.79. The Morgan fingerprint density at radius 3 is 2.50 bits per heavy atom. The highest BCUT2D eigenvalue weighted by molar-refractivity contribution is 5.97. The molecule has 1 amide bonds. The Balaban J connectivity index is 1.35. The number of carbonyl (C=O) groups excluding carboxylic acids is 1. The second-order valence-electron chi connectivity index (χ2n) is 8.39. The molecule has 8 heteroatoms. The van der Waals surface area contributed by atoms with Crippen molar-refractivity contribution >= 4 is 22.8 Å². The van der Waals surface area contributed by atoms with Crippen LogP contribution in [0, 0.1) is 6.92 Å². The van der Waals surface area contributed by atoms with Gasteiger partial charge in [0.2, 0.25) is 5.43 Å². The molecule has 1 saturated heterocycles. The minimum atomic E-state index is -0.261. The van der Waals surface area contributed by atoms with Crippen LogP contribution in [0.2, 0.25) is 0 Å². The molecule has 1 aliphatic heterocycles. The van der Waals surface area contributed by atoms with Gasteiger partial charge in [0.15, 0.2) is 0 Å². The minimum Gasteiger partial charge on any atom is -0.353 e. The molecule has 5 rings (SSSR count). The number of amides is 1. The molecule has 0 radical (unpaired) electrons. The Hall–Kier alpha value is -4.07. The molecular weight excluding hydrogens is 428 g/mol. The van der Waals surface area contributed by atoms with E-state index in [9.17, 15) is 9.59 Å². The molecule has 0 atom stereocenters. The van der Waals surface area contributed by atoms with Gasteiger partial charge in [-0.1, -0.05) is 30.3 Å². The predicted octanol–water partition coefficient (Wildman–Crippen LogP) is 3.14. The number of nitrogens with zero attached hydrogens (tertiary/aromatic N) is 6. The second-order valence-corrected chi connectivity index (χ2v) is 8.39. The highest BCUT2D eigenvalue weighted by Gasteiger charge is 2.26. The molecule has 8 nitrogen and oxygen atoms in total. The van der Waals surface area contributed by atoms with Crippen LogP contribution in [-0.4, -0.2) is 56.5 Å². The Bertz CT molecular complexity index is 1410. The van der Waals surface area contributed by atoms with E-state index in [1.165, 1.54) is 0 Å². The topological polar surface area (TPSA) is 84.2 Å². The number of hydrogen-bond donors (Lipinski definition) is 0. The van der Waals surface area contributed by atoms with E-state index in [0.717, 1.165) is 22.8 Å². The number of fused-ring (bicyclic) bond motifs is 1. The first-order chi connectivity index (χ1) is 16.5. The van der Waals surface area contributed by atoms with Crippen molar-refractivity contribution in [2.24, 2.45) is 0 Å². The van der Waals surface area contributed by atoms with Crippen molar-refractivity contribution in [3.8, 4) is 11.3 Å². The number of rotatable bonds is 4. The van der Waals surface area contributed by atoms with Crippen LogP contribution in [0.1, 0.15) is 23.0 Å². The fraction of sp³-hybridized carbons (Fsp3) is 0.269. The van der Waals surface area contributed by atoms with Crippen LogP contribution in [0.25, 0.3) is 22.3 Å². The normalized spacial score (nSPS) is 13.9. The van der Waals surface area contributed by atoms with Gasteiger partial charge in [0.1, 0.15) is 23.4 Å². The van der Waals surface area contributed by atoms with E-state index in [-0.39, 0.29) is 16.9 Å². The van der Waals surface area contributed by atoms with Gasteiger partial charge >= 0.3 is 0 Å². The van der Waals surface area contributed by atoms with Crippen molar-refractivity contribution in [1.29, 1.82) is 0 Å². The predicted molar refractivity (Wildman–Crippen MR) is 132 cm³/mol. The molecule has 1 aliphatic rings. The van der Waals surface area contributed by atoms with Crippen molar-refractivity contribution < 1.29 is 4.79 Å². The molecule has 1 fully saturated rings. The summed E-state index contributed by atoms with van der Waals surface area (Å²) in [5.74, 6) is 0.600. The maximum Gasteiger partial charge on any atom is 0.259 e. The van der Waals surface area contributed by atoms with Crippen molar-refractivity contribution in [2.75, 3.05) is 31.1 Å². The lowest BCUT2D eigenvalue weighted by Crippen LogP contribution is -2.49. The largest absolute Gasteiger partial charge is 0.353 e. The Morgan fingerprint density at radius 1 is 1.00 bits per heavy atom. The lowest BCUT2D eigenvalue weighted by Gasteiger charge is -2.35. The van der Waals surface area contributed by atoms with Crippen LogP contribution < -0.4 is 10.3 Å². The molecule has 0 unspecified atom stereocenters. The SMILES string of the molecule is CCn1cc(C(=O)N2CCN(c3cc(-c4ccccc4)ncn3)CC2)c(=O)c2ccc(C)nc21. The molecule has 172 valence electrons. The van der Waals surface area contributed by atoms with Gasteiger partial charge in [-0.2, -0.15) is 0 Å². The van der Waals surface area contributed by atoms with Crippen LogP contribution in [0.15, 0.2) is 65.8 Å². The number of anilines is 1. The lowest BCUT2D eigenvalue weighted by molar-refractivity contribution is 0.0744. The second kappa shape index (κ2) is 9.05. The van der Waals surface area contributed by atoms with Gasteiger partial charge in [-0.25, -0.2) is 15.0 Å². The first kappa shape index (κ1) is 21.8. The first-order valence-corrected chi connectivity index (χ1v) is 11.5. The molecule has 0 saturated carbocycles. The van der Waals surface area contributed by atoms with Crippen molar-refractivity contribution in [2.45, 2.75) is 20.4 Å². The third-order valence-electron chi connectivity index (χ3n) is 6.24. The Labute approximate surface area is 197 Å². The number of aromatic nitrogens is 4. The smallest absolute Gasteiger partial charge is 0.259 e. The molecular formula is C26H26N6O2. The van der Waals surface area contributed by atoms with Gasteiger partial charge < -0.3 is 14.4 Å². The van der Waals surface area contributed by atoms with Gasteiger partial charge in [0.05, 0.1) is 11.1 Å². The maximum absolute atomic E-state index is 13.3. The zero-order chi connectivity index (χ0) is 23.7. The summed E-state index contributed by atoms with van der Waals surface area (Å²) in [4.78, 5) is 43.7. The molecule has 4 heterocycles. The average Bonchev–Trinajstić information content (AvgIpc) is 2.89. The van der Waals surface area contributed by atoms with E-state index in [4.69, 9.17) is 0 Å². The summed E-state index contributed by atoms with van der Waals surface area (Å²) in [6.07, 6.45) is 3.23. The van der Waals surface area contributed by atoms with Gasteiger partial charge in [0, 0.05) is 56.2 Å². The van der Waals surface area contributed by atoms with Crippen LogP contribution >= 0.6 is 0 Å². The van der Waals surface area contributed by atoms with E-state index in [0.29, 0.717) is 43.8 Å². The number of carbonyl (C=O) groups is 1. The molecule has 0 spiro atoms. The number of aryl methyl sites for hydroxylation is 2. The van der Waals surface area contributed by atoms with E-state index < -0.39 is 0 Å². The molecule has 34 heavy (non-hydrogen) atoms. The number of hydrogen-bond acceptors (Lipinski definition) is 6. The monoisotopic (exact) mass is 454 g/mol. The summed E-state index contributed by atoms with van der Waals surface area (Å²) in [5.41, 5.74) is 3.29. The number of benzene rings is 1. The zero-order valence-corrected chi connectivity index (χ0v) is 19.3. The summed E-state index contributed by atoms with van der Waals surface area (Å²) in [6.45, 7) is 6.78. The van der Waals surface area contributed by atoms with Crippen molar-refractivity contribution in [1.82, 2.24) is 24.4 Å². The third-order valence-corrected chi connectivity index (χ3v) is 6.24. The summed E-state index contributed by atoms with van der Waals surface area (Å²) in [6, 6.07) is 15.5. The fourth-order valence-corrected chi connectivity index (χ4v) is 4.35. The van der Waals surface area contributed by atoms with Crippen LogP contribution in [0.4, 0.5) is 5.82 Å². The molecule has 1 aromatic carbocycles. The van der Waals surface area contributed by atoms with Gasteiger partial charge in [-0.3, -0.25) is 9.59 Å². The molecule has 0 aliphatic carbocycles. The molecule has 3 aromatic heterocycles. The van der Waals surface area contributed by atoms with E-state index >= 15 is 0 Å². The number of pyridine rings is 2. The van der Waals surface area contributed by atoms with Gasteiger partial charge in [-0.15, -0.1) is 0 Å². The fourth-order valence-electron chi connectivity index (χ4n) is 4.35. The first-order valence-electron chi connectivity index (χ1n) is 11.5. The minimum absolute atomic E-state index is 0.196. The van der Waals surface area contributed by atoms with Gasteiger partial charge in [0.25, 0.3) is 5.91 Å². The van der Waals surface area contributed by atoms with E-state index in [1.807, 2.05) is 60.9 Å². The molecule has 4 aromatic rings. The molecule has 0 bridgehead atoms.